The zero-order valence-electron chi connectivity index (χ0n) is 14.4. The molecule has 0 bridgehead atoms. The largest absolute Gasteiger partial charge is 0.482 e. The molecule has 6 nitrogen and oxygen atoms in total. The lowest BCUT2D eigenvalue weighted by atomic mass is 10.1. The van der Waals surface area contributed by atoms with E-state index in [0.717, 1.165) is 0 Å². The lowest BCUT2D eigenvalue weighted by Crippen LogP contribution is -2.44. The zero-order chi connectivity index (χ0) is 18.8. The van der Waals surface area contributed by atoms with Gasteiger partial charge in [-0.3, -0.25) is 0 Å². The average molecular weight is 369 g/mol. The van der Waals surface area contributed by atoms with Crippen molar-refractivity contribution in [3.63, 3.8) is 0 Å². The Labute approximate surface area is 154 Å². The minimum Gasteiger partial charge on any atom is -0.482 e. The molecule has 2 unspecified atom stereocenters. The molecule has 0 amide bonds. The normalized spacial score (nSPS) is 18.1. The van der Waals surface area contributed by atoms with E-state index >= 15 is 0 Å². The van der Waals surface area contributed by atoms with Gasteiger partial charge in [0.15, 0.2) is 17.3 Å². The molecule has 0 radical (unpaired) electrons. The van der Waals surface area contributed by atoms with Crippen molar-refractivity contribution in [2.75, 3.05) is 0 Å². The van der Waals surface area contributed by atoms with Crippen molar-refractivity contribution in [3.8, 4) is 22.8 Å². The molecule has 0 saturated heterocycles. The van der Waals surface area contributed by atoms with E-state index in [-0.39, 0.29) is 17.9 Å². The second-order valence-corrected chi connectivity index (χ2v) is 6.08. The summed E-state index contributed by atoms with van der Waals surface area (Å²) in [5.41, 5.74) is 0.656. The summed E-state index contributed by atoms with van der Waals surface area (Å²) in [6, 6.07) is 14.8. The number of halogens is 1. The number of nitrogens with zero attached hydrogens (tertiary/aromatic N) is 1. The summed E-state index contributed by atoms with van der Waals surface area (Å²) in [6.45, 7) is 1.61. The fourth-order valence-electron chi connectivity index (χ4n) is 2.77. The number of hydrogen-bond donors (Lipinski definition) is 0. The highest BCUT2D eigenvalue weighted by Crippen LogP contribution is 2.33. The van der Waals surface area contributed by atoms with Crippen molar-refractivity contribution in [2.45, 2.75) is 25.7 Å². The monoisotopic (exact) mass is 369 g/mol. The number of para-hydroxylation sites is 2. The first-order valence-corrected chi connectivity index (χ1v) is 8.41. The topological polar surface area (TPSA) is 70.8 Å². The van der Waals surface area contributed by atoms with Gasteiger partial charge in [0.25, 0.3) is 0 Å². The molecular formula is C20H16FNO5. The van der Waals surface area contributed by atoms with Gasteiger partial charge in [-0.05, 0) is 31.2 Å². The quantitative estimate of drug-likeness (QED) is 0.652. The van der Waals surface area contributed by atoms with E-state index in [1.165, 1.54) is 12.1 Å². The fraction of sp³-hybridized carbons (Fsp3) is 0.200. The molecule has 27 heavy (non-hydrogen) atoms. The Morgan fingerprint density at radius 1 is 1.11 bits per heavy atom. The van der Waals surface area contributed by atoms with Gasteiger partial charge in [-0.25, -0.2) is 9.18 Å². The van der Waals surface area contributed by atoms with Gasteiger partial charge in [0.1, 0.15) is 24.2 Å². The number of carbonyl (C=O) groups excluding carboxylic acids is 1. The van der Waals surface area contributed by atoms with Crippen LogP contribution in [-0.2, 0) is 16.1 Å². The minimum absolute atomic E-state index is 0.120. The van der Waals surface area contributed by atoms with Gasteiger partial charge in [0, 0.05) is 6.07 Å². The van der Waals surface area contributed by atoms with Crippen molar-refractivity contribution in [2.24, 2.45) is 0 Å². The van der Waals surface area contributed by atoms with Crippen LogP contribution in [-0.4, -0.2) is 23.3 Å². The van der Waals surface area contributed by atoms with E-state index in [0.29, 0.717) is 17.2 Å². The molecule has 138 valence electrons. The summed E-state index contributed by atoms with van der Waals surface area (Å²) in [4.78, 5) is 12.4. The first-order chi connectivity index (χ1) is 13.1. The summed E-state index contributed by atoms with van der Waals surface area (Å²) in [5, 5.41) is 3.81. The summed E-state index contributed by atoms with van der Waals surface area (Å²) in [6.07, 6.45) is -1.39. The molecule has 0 saturated carbocycles. The Morgan fingerprint density at radius 3 is 2.59 bits per heavy atom. The summed E-state index contributed by atoms with van der Waals surface area (Å²) < 4.78 is 35.6. The predicted octanol–water partition coefficient (Wildman–Crippen LogP) is 3.75. The molecule has 3 aromatic rings. The molecule has 7 heteroatoms. The lowest BCUT2D eigenvalue weighted by Gasteiger charge is -2.30. The van der Waals surface area contributed by atoms with Crippen LogP contribution in [0.2, 0.25) is 0 Å². The first-order valence-electron chi connectivity index (χ1n) is 8.41. The van der Waals surface area contributed by atoms with Crippen LogP contribution in [0.1, 0.15) is 12.6 Å². The van der Waals surface area contributed by atoms with Gasteiger partial charge in [0.05, 0.1) is 5.56 Å². The standard InChI is InChI=1S/C20H16FNO5/c1-12-19(26-17-9-5-4-8-16(17)25-12)20(23)24-11-13-10-18(27-22-13)14-6-2-3-7-15(14)21/h2-10,12,19H,11H2,1H3. The molecule has 2 aromatic carbocycles. The highest BCUT2D eigenvalue weighted by Gasteiger charge is 2.35. The van der Waals surface area contributed by atoms with Gasteiger partial charge in [0.2, 0.25) is 6.10 Å². The lowest BCUT2D eigenvalue weighted by molar-refractivity contribution is -0.159. The van der Waals surface area contributed by atoms with Crippen LogP contribution in [0.3, 0.4) is 0 Å². The molecule has 2 heterocycles. The van der Waals surface area contributed by atoms with Crippen molar-refractivity contribution < 1.29 is 27.9 Å². The zero-order valence-corrected chi connectivity index (χ0v) is 14.4. The SMILES string of the molecule is CC1Oc2ccccc2OC1C(=O)OCc1cc(-c2ccccc2F)on1. The molecule has 2 atom stereocenters. The molecule has 1 aromatic heterocycles. The number of rotatable bonds is 4. The third-order valence-corrected chi connectivity index (χ3v) is 4.14. The Hall–Kier alpha value is -3.35. The van der Waals surface area contributed by atoms with Gasteiger partial charge in [-0.2, -0.15) is 0 Å². The van der Waals surface area contributed by atoms with Crippen LogP contribution in [0, 0.1) is 5.82 Å². The van der Waals surface area contributed by atoms with Crippen molar-refractivity contribution >= 4 is 5.97 Å². The third-order valence-electron chi connectivity index (χ3n) is 4.14. The number of hydrogen-bond acceptors (Lipinski definition) is 6. The maximum Gasteiger partial charge on any atom is 0.351 e. The second-order valence-electron chi connectivity index (χ2n) is 6.08. The number of benzene rings is 2. The van der Waals surface area contributed by atoms with Crippen molar-refractivity contribution in [3.05, 3.63) is 66.1 Å². The van der Waals surface area contributed by atoms with E-state index in [4.69, 9.17) is 18.7 Å². The molecule has 0 spiro atoms. The summed E-state index contributed by atoms with van der Waals surface area (Å²) in [7, 11) is 0. The Balaban J connectivity index is 1.41. The van der Waals surface area contributed by atoms with E-state index < -0.39 is 24.0 Å². The maximum atomic E-state index is 13.8. The summed E-state index contributed by atoms with van der Waals surface area (Å²) >= 11 is 0. The minimum atomic E-state index is -0.891. The van der Waals surface area contributed by atoms with Gasteiger partial charge in [-0.15, -0.1) is 0 Å². The molecule has 4 rings (SSSR count). The van der Waals surface area contributed by atoms with E-state index in [1.807, 2.05) is 6.07 Å². The molecule has 0 N–H and O–H groups in total. The highest BCUT2D eigenvalue weighted by atomic mass is 19.1. The number of aromatic nitrogens is 1. The maximum absolute atomic E-state index is 13.8. The van der Waals surface area contributed by atoms with E-state index in [1.54, 1.807) is 43.3 Å². The molecule has 0 aliphatic carbocycles. The Kier molecular flexibility index (Phi) is 4.50. The van der Waals surface area contributed by atoms with Crippen LogP contribution >= 0.6 is 0 Å². The fourth-order valence-corrected chi connectivity index (χ4v) is 2.77. The van der Waals surface area contributed by atoms with Crippen LogP contribution in [0.4, 0.5) is 4.39 Å². The third kappa shape index (κ3) is 3.48. The Morgan fingerprint density at radius 2 is 1.81 bits per heavy atom. The van der Waals surface area contributed by atoms with Gasteiger partial charge in [-0.1, -0.05) is 29.4 Å². The van der Waals surface area contributed by atoms with Crippen LogP contribution in [0.25, 0.3) is 11.3 Å². The number of fused-ring (bicyclic) bond motifs is 1. The Bertz CT molecular complexity index is 970. The average Bonchev–Trinajstić information content (AvgIpc) is 3.14. The molecule has 0 fully saturated rings. The number of ether oxygens (including phenoxy) is 3. The van der Waals surface area contributed by atoms with Crippen LogP contribution in [0.5, 0.6) is 11.5 Å². The second kappa shape index (κ2) is 7.11. The molecule has 1 aliphatic heterocycles. The highest BCUT2D eigenvalue weighted by molar-refractivity contribution is 5.76. The molecule has 1 aliphatic rings. The predicted molar refractivity (Wildman–Crippen MR) is 92.6 cm³/mol. The van der Waals surface area contributed by atoms with Crippen LogP contribution in [0.15, 0.2) is 59.1 Å². The van der Waals surface area contributed by atoms with Crippen molar-refractivity contribution in [1.82, 2.24) is 5.16 Å². The van der Waals surface area contributed by atoms with Gasteiger partial charge < -0.3 is 18.7 Å². The smallest absolute Gasteiger partial charge is 0.351 e. The van der Waals surface area contributed by atoms with E-state index in [2.05, 4.69) is 5.16 Å². The van der Waals surface area contributed by atoms with Crippen molar-refractivity contribution in [1.29, 1.82) is 0 Å². The number of carbonyl (C=O) groups is 1. The molecular weight excluding hydrogens is 353 g/mol. The summed E-state index contributed by atoms with van der Waals surface area (Å²) in [5.74, 6) is 0.337. The van der Waals surface area contributed by atoms with Gasteiger partial charge >= 0.3 is 5.97 Å². The number of esters is 1. The van der Waals surface area contributed by atoms with E-state index in [9.17, 15) is 9.18 Å². The van der Waals surface area contributed by atoms with Crippen LogP contribution < -0.4 is 9.47 Å². The first kappa shape index (κ1) is 17.1.